The highest BCUT2D eigenvalue weighted by Gasteiger charge is 2.25. The summed E-state index contributed by atoms with van der Waals surface area (Å²) in [5, 5.41) is 13.8. The fraction of sp³-hybridized carbons (Fsp3) is 0.750. The number of hydrogen-bond donors (Lipinski definition) is 3. The van der Waals surface area contributed by atoms with Crippen molar-refractivity contribution >= 4 is 17.9 Å². The van der Waals surface area contributed by atoms with Crippen molar-refractivity contribution in [3.63, 3.8) is 0 Å². The first-order valence-corrected chi connectivity index (χ1v) is 6.43. The number of carbonyl (C=O) groups excluding carboxylic acids is 2. The molecule has 3 N–H and O–H groups in total. The van der Waals surface area contributed by atoms with Crippen LogP contribution in [0.3, 0.4) is 0 Å². The monoisotopic (exact) mass is 271 g/mol. The lowest BCUT2D eigenvalue weighted by Crippen LogP contribution is -2.51. The highest BCUT2D eigenvalue weighted by Crippen LogP contribution is 2.20. The summed E-state index contributed by atoms with van der Waals surface area (Å²) < 4.78 is 0. The summed E-state index contributed by atoms with van der Waals surface area (Å²) in [6.07, 6.45) is 1.53. The van der Waals surface area contributed by atoms with Gasteiger partial charge in [-0.1, -0.05) is 0 Å². The van der Waals surface area contributed by atoms with E-state index in [0.717, 1.165) is 0 Å². The second kappa shape index (κ2) is 6.96. The molecule has 7 heteroatoms. The van der Waals surface area contributed by atoms with Gasteiger partial charge in [0.05, 0.1) is 0 Å². The Labute approximate surface area is 112 Å². The largest absolute Gasteiger partial charge is 0.481 e. The van der Waals surface area contributed by atoms with E-state index in [1.807, 2.05) is 0 Å². The summed E-state index contributed by atoms with van der Waals surface area (Å²) in [5.74, 6) is -0.900. The summed E-state index contributed by atoms with van der Waals surface area (Å²) in [5.41, 5.74) is 0. The van der Waals surface area contributed by atoms with Crippen LogP contribution in [0, 0.1) is 5.92 Å². The van der Waals surface area contributed by atoms with Gasteiger partial charge in [-0.3, -0.25) is 9.59 Å². The van der Waals surface area contributed by atoms with Crippen molar-refractivity contribution in [1.82, 2.24) is 15.5 Å². The van der Waals surface area contributed by atoms with E-state index in [4.69, 9.17) is 5.11 Å². The molecule has 1 rings (SSSR count). The quantitative estimate of drug-likeness (QED) is 0.671. The van der Waals surface area contributed by atoms with Gasteiger partial charge in [0.1, 0.15) is 6.04 Å². The average molecular weight is 271 g/mol. The van der Waals surface area contributed by atoms with Gasteiger partial charge in [0.25, 0.3) is 0 Å². The molecule has 3 amide bonds. The maximum Gasteiger partial charge on any atom is 0.318 e. The normalized spacial score (nSPS) is 17.7. The molecular weight excluding hydrogens is 250 g/mol. The molecule has 0 saturated carbocycles. The van der Waals surface area contributed by atoms with Crippen LogP contribution in [0.25, 0.3) is 0 Å². The molecule has 1 unspecified atom stereocenters. The zero-order chi connectivity index (χ0) is 14.4. The maximum atomic E-state index is 11.9. The highest BCUT2D eigenvalue weighted by molar-refractivity contribution is 5.86. The van der Waals surface area contributed by atoms with Crippen molar-refractivity contribution in [1.29, 1.82) is 0 Å². The van der Waals surface area contributed by atoms with Gasteiger partial charge < -0.3 is 20.6 Å². The summed E-state index contributed by atoms with van der Waals surface area (Å²) in [4.78, 5) is 35.4. The lowest BCUT2D eigenvalue weighted by atomic mass is 9.94. The Balaban J connectivity index is 2.36. The van der Waals surface area contributed by atoms with Crippen LogP contribution in [0.15, 0.2) is 0 Å². The summed E-state index contributed by atoms with van der Waals surface area (Å²) in [6.45, 7) is 2.68. The van der Waals surface area contributed by atoms with Gasteiger partial charge in [-0.25, -0.2) is 4.79 Å². The molecule has 108 valence electrons. The Bertz CT molecular complexity index is 351. The summed E-state index contributed by atoms with van der Waals surface area (Å²) >= 11 is 0. The van der Waals surface area contributed by atoms with E-state index in [1.165, 1.54) is 7.05 Å². The molecule has 0 aliphatic carbocycles. The molecule has 0 radical (unpaired) electrons. The number of urea groups is 1. The zero-order valence-corrected chi connectivity index (χ0v) is 11.3. The average Bonchev–Trinajstić information content (AvgIpc) is 2.37. The molecule has 1 aliphatic rings. The molecular formula is C12H21N3O4. The van der Waals surface area contributed by atoms with Gasteiger partial charge in [-0.05, 0) is 25.7 Å². The standard InChI is InChI=1S/C12H21N3O4/c1-8(11(18)13-2)14-12(19)15-5-3-9(4-6-15)7-10(16)17/h8-9H,3-7H2,1-2H3,(H,13,18)(H,14,19)(H,16,17). The number of carboxylic acid groups (broad SMARTS) is 1. The van der Waals surface area contributed by atoms with Crippen molar-refractivity contribution in [2.24, 2.45) is 5.92 Å². The van der Waals surface area contributed by atoms with E-state index < -0.39 is 12.0 Å². The first-order valence-electron chi connectivity index (χ1n) is 6.43. The number of rotatable bonds is 4. The second-order valence-electron chi connectivity index (χ2n) is 4.81. The van der Waals surface area contributed by atoms with Gasteiger partial charge in [0.2, 0.25) is 5.91 Å². The molecule has 0 bridgehead atoms. The van der Waals surface area contributed by atoms with Crippen LogP contribution in [-0.4, -0.2) is 54.1 Å². The van der Waals surface area contributed by atoms with Crippen LogP contribution in [0.2, 0.25) is 0 Å². The molecule has 7 nitrogen and oxygen atoms in total. The molecule has 19 heavy (non-hydrogen) atoms. The Morgan fingerprint density at radius 1 is 1.32 bits per heavy atom. The van der Waals surface area contributed by atoms with Gasteiger partial charge in [0, 0.05) is 26.6 Å². The van der Waals surface area contributed by atoms with Crippen LogP contribution in [0.4, 0.5) is 4.79 Å². The predicted octanol–water partition coefficient (Wildman–Crippen LogP) is 0.0172. The summed E-state index contributed by atoms with van der Waals surface area (Å²) in [7, 11) is 1.52. The molecule has 1 heterocycles. The number of piperidine rings is 1. The van der Waals surface area contributed by atoms with Crippen molar-refractivity contribution < 1.29 is 19.5 Å². The summed E-state index contributed by atoms with van der Waals surface area (Å²) in [6, 6.07) is -0.848. The second-order valence-corrected chi connectivity index (χ2v) is 4.81. The minimum absolute atomic E-state index is 0.137. The Hall–Kier alpha value is -1.79. The van der Waals surface area contributed by atoms with Gasteiger partial charge in [0.15, 0.2) is 0 Å². The van der Waals surface area contributed by atoms with Crippen LogP contribution >= 0.6 is 0 Å². The number of carbonyl (C=O) groups is 3. The molecule has 0 spiro atoms. The Morgan fingerprint density at radius 2 is 1.89 bits per heavy atom. The lowest BCUT2D eigenvalue weighted by Gasteiger charge is -2.32. The van der Waals surface area contributed by atoms with E-state index in [2.05, 4.69) is 10.6 Å². The number of aliphatic carboxylic acids is 1. The van der Waals surface area contributed by atoms with E-state index in [-0.39, 0.29) is 24.3 Å². The number of carboxylic acids is 1. The van der Waals surface area contributed by atoms with Gasteiger partial charge in [-0.2, -0.15) is 0 Å². The maximum absolute atomic E-state index is 11.9. The van der Waals surface area contributed by atoms with Gasteiger partial charge in [-0.15, -0.1) is 0 Å². The minimum Gasteiger partial charge on any atom is -0.481 e. The third-order valence-corrected chi connectivity index (χ3v) is 3.34. The van der Waals surface area contributed by atoms with Crippen LogP contribution < -0.4 is 10.6 Å². The van der Waals surface area contributed by atoms with E-state index in [0.29, 0.717) is 25.9 Å². The molecule has 0 aromatic rings. The molecule has 1 aliphatic heterocycles. The van der Waals surface area contributed by atoms with Crippen molar-refractivity contribution in [2.45, 2.75) is 32.2 Å². The third kappa shape index (κ3) is 4.76. The Kier molecular flexibility index (Phi) is 5.59. The van der Waals surface area contributed by atoms with Crippen LogP contribution in [0.1, 0.15) is 26.2 Å². The van der Waals surface area contributed by atoms with Crippen molar-refractivity contribution in [3.8, 4) is 0 Å². The van der Waals surface area contributed by atoms with E-state index in [9.17, 15) is 14.4 Å². The highest BCUT2D eigenvalue weighted by atomic mass is 16.4. The van der Waals surface area contributed by atoms with Crippen LogP contribution in [0.5, 0.6) is 0 Å². The minimum atomic E-state index is -0.795. The number of likely N-dealkylation sites (N-methyl/N-ethyl adjacent to an activating group) is 1. The first-order chi connectivity index (χ1) is 8.93. The Morgan fingerprint density at radius 3 is 2.37 bits per heavy atom. The molecule has 1 atom stereocenters. The molecule has 0 aromatic carbocycles. The fourth-order valence-corrected chi connectivity index (χ4v) is 2.15. The number of nitrogens with one attached hydrogen (secondary N) is 2. The third-order valence-electron chi connectivity index (χ3n) is 3.34. The molecule has 1 fully saturated rings. The van der Waals surface area contributed by atoms with E-state index >= 15 is 0 Å². The topological polar surface area (TPSA) is 98.7 Å². The van der Waals surface area contributed by atoms with Crippen LogP contribution in [-0.2, 0) is 9.59 Å². The SMILES string of the molecule is CNC(=O)C(C)NC(=O)N1CCC(CC(=O)O)CC1. The van der Waals surface area contributed by atoms with E-state index in [1.54, 1.807) is 11.8 Å². The number of hydrogen-bond acceptors (Lipinski definition) is 3. The van der Waals surface area contributed by atoms with Crippen molar-refractivity contribution in [3.05, 3.63) is 0 Å². The predicted molar refractivity (Wildman–Crippen MR) is 68.6 cm³/mol. The molecule has 1 saturated heterocycles. The molecule has 0 aromatic heterocycles. The smallest absolute Gasteiger partial charge is 0.318 e. The van der Waals surface area contributed by atoms with Crippen molar-refractivity contribution in [2.75, 3.05) is 20.1 Å². The fourth-order valence-electron chi connectivity index (χ4n) is 2.15. The number of likely N-dealkylation sites (tertiary alicyclic amines) is 1. The number of amides is 3. The van der Waals surface area contributed by atoms with Gasteiger partial charge >= 0.3 is 12.0 Å². The zero-order valence-electron chi connectivity index (χ0n) is 11.3. The number of nitrogens with zero attached hydrogens (tertiary/aromatic N) is 1. The first kappa shape index (κ1) is 15.3. The lowest BCUT2D eigenvalue weighted by molar-refractivity contribution is -0.138.